The van der Waals surface area contributed by atoms with Crippen LogP contribution >= 0.6 is 0 Å². The van der Waals surface area contributed by atoms with Crippen molar-refractivity contribution in [2.24, 2.45) is 11.0 Å². The first-order valence-electron chi connectivity index (χ1n) is 11.5. The summed E-state index contributed by atoms with van der Waals surface area (Å²) < 4.78 is 10.5. The number of Topliss-reactive ketones (excluding diaryl/α,β-unsaturated/α-hetero) is 1. The van der Waals surface area contributed by atoms with Crippen molar-refractivity contribution in [1.82, 2.24) is 5.01 Å². The quantitative estimate of drug-likeness (QED) is 0.397. The van der Waals surface area contributed by atoms with Crippen molar-refractivity contribution in [3.05, 3.63) is 95.6 Å². The first kappa shape index (κ1) is 22.7. The number of hydrogen-bond donors (Lipinski definition) is 0. The number of ether oxygens (including phenoxy) is 2. The third-order valence-corrected chi connectivity index (χ3v) is 6.83. The van der Waals surface area contributed by atoms with Gasteiger partial charge in [0.15, 0.2) is 5.78 Å². The van der Waals surface area contributed by atoms with Crippen molar-refractivity contribution in [3.8, 4) is 5.75 Å². The van der Waals surface area contributed by atoms with Crippen LogP contribution in [-0.2, 0) is 9.53 Å². The number of benzene rings is 3. The van der Waals surface area contributed by atoms with Crippen molar-refractivity contribution < 1.29 is 19.1 Å². The van der Waals surface area contributed by atoms with Crippen LogP contribution in [0.2, 0.25) is 0 Å². The van der Waals surface area contributed by atoms with Crippen LogP contribution in [0.15, 0.2) is 84.0 Å². The number of esters is 1. The minimum atomic E-state index is -0.688. The first-order chi connectivity index (χ1) is 17.0. The van der Waals surface area contributed by atoms with E-state index in [-0.39, 0.29) is 11.8 Å². The zero-order chi connectivity index (χ0) is 24.5. The number of ketones is 1. The van der Waals surface area contributed by atoms with Crippen LogP contribution in [-0.4, -0.2) is 49.5 Å². The molecule has 35 heavy (non-hydrogen) atoms. The van der Waals surface area contributed by atoms with Gasteiger partial charge in [0.1, 0.15) is 30.2 Å². The zero-order valence-electron chi connectivity index (χ0n) is 19.9. The van der Waals surface area contributed by atoms with Crippen LogP contribution in [0.25, 0.3) is 0 Å². The number of hydrogen-bond acceptors (Lipinski definition) is 7. The maximum absolute atomic E-state index is 14.0. The molecule has 1 saturated heterocycles. The molecule has 2 heterocycles. The minimum Gasteiger partial charge on any atom is -0.497 e. The smallest absolute Gasteiger partial charge is 0.313 e. The summed E-state index contributed by atoms with van der Waals surface area (Å²) in [5.41, 5.74) is 3.45. The Kier molecular flexibility index (Phi) is 5.99. The number of hydrazone groups is 1. The Hall–Kier alpha value is -4.13. The predicted molar refractivity (Wildman–Crippen MR) is 134 cm³/mol. The zero-order valence-corrected chi connectivity index (χ0v) is 19.9. The Bertz CT molecular complexity index is 1240. The van der Waals surface area contributed by atoms with Gasteiger partial charge in [-0.2, -0.15) is 5.10 Å². The fraction of sp³-hybridized carbons (Fsp3) is 0.250. The van der Waals surface area contributed by atoms with Crippen molar-refractivity contribution in [1.29, 1.82) is 0 Å². The number of aryl methyl sites for hydroxylation is 1. The minimum absolute atomic E-state index is 0.110. The predicted octanol–water partition coefficient (Wildman–Crippen LogP) is 4.23. The molecule has 0 saturated carbocycles. The summed E-state index contributed by atoms with van der Waals surface area (Å²) in [6, 6.07) is 24.0. The van der Waals surface area contributed by atoms with Crippen molar-refractivity contribution in [3.63, 3.8) is 0 Å². The summed E-state index contributed by atoms with van der Waals surface area (Å²) in [7, 11) is 2.97. The number of anilines is 1. The molecule has 0 bridgehead atoms. The molecule has 3 aromatic rings. The third kappa shape index (κ3) is 3.93. The van der Waals surface area contributed by atoms with Crippen molar-refractivity contribution >= 4 is 23.8 Å². The highest BCUT2D eigenvalue weighted by Gasteiger charge is 2.59. The molecule has 7 heteroatoms. The third-order valence-electron chi connectivity index (χ3n) is 6.83. The van der Waals surface area contributed by atoms with Gasteiger partial charge in [-0.05, 0) is 48.9 Å². The molecule has 7 nitrogen and oxygen atoms in total. The molecule has 178 valence electrons. The molecule has 0 radical (unpaired) electrons. The van der Waals surface area contributed by atoms with E-state index in [2.05, 4.69) is 5.10 Å². The molecule has 0 spiro atoms. The Morgan fingerprint density at radius 1 is 0.886 bits per heavy atom. The maximum atomic E-state index is 14.0. The Labute approximate surface area is 204 Å². The molecule has 0 aliphatic carbocycles. The number of methoxy groups -OCH3 is 2. The lowest BCUT2D eigenvalue weighted by molar-refractivity contribution is -0.146. The number of carbonyl (C=O) groups is 2. The van der Waals surface area contributed by atoms with Gasteiger partial charge in [0.05, 0.1) is 14.2 Å². The van der Waals surface area contributed by atoms with E-state index in [9.17, 15) is 9.59 Å². The summed E-state index contributed by atoms with van der Waals surface area (Å²) in [6.45, 7) is 2.02. The van der Waals surface area contributed by atoms with Gasteiger partial charge in [-0.3, -0.25) is 14.6 Å². The van der Waals surface area contributed by atoms with E-state index in [1.807, 2.05) is 66.4 Å². The van der Waals surface area contributed by atoms with Gasteiger partial charge in [0.2, 0.25) is 0 Å². The van der Waals surface area contributed by atoms with Gasteiger partial charge in [0, 0.05) is 17.2 Å². The number of nitrogens with zero attached hydrogens (tertiary/aromatic N) is 3. The molecule has 0 N–H and O–H groups in total. The van der Waals surface area contributed by atoms with Gasteiger partial charge in [0.25, 0.3) is 0 Å². The molecule has 5 rings (SSSR count). The Balaban J connectivity index is 1.63. The second-order valence-electron chi connectivity index (χ2n) is 8.79. The Morgan fingerprint density at radius 2 is 1.57 bits per heavy atom. The van der Waals surface area contributed by atoms with E-state index in [4.69, 9.17) is 9.47 Å². The highest BCUT2D eigenvalue weighted by atomic mass is 16.5. The van der Waals surface area contributed by atoms with Gasteiger partial charge in [-0.15, -0.1) is 0 Å². The molecule has 1 fully saturated rings. The average molecular weight is 470 g/mol. The summed E-state index contributed by atoms with van der Waals surface area (Å²) in [6.07, 6.45) is 1.20. The molecule has 4 atom stereocenters. The SMILES string of the molecule is COC(=O)[C@@H]1[C@@H](c2ccccc2)[C@@H](C(=O)c2ccc(OC)cc2)N2N=CN(c3ccc(C)cc3)[C@H]12. The number of fused-ring (bicyclic) bond motifs is 1. The molecule has 3 aromatic carbocycles. The second kappa shape index (κ2) is 9.25. The average Bonchev–Trinajstić information content (AvgIpc) is 3.47. The van der Waals surface area contributed by atoms with E-state index in [1.165, 1.54) is 7.11 Å². The van der Waals surface area contributed by atoms with Crippen LogP contribution in [0.3, 0.4) is 0 Å². The van der Waals surface area contributed by atoms with Crippen molar-refractivity contribution in [2.75, 3.05) is 19.1 Å². The van der Waals surface area contributed by atoms with Crippen LogP contribution in [0.4, 0.5) is 5.69 Å². The molecule has 2 aliphatic heterocycles. The molecule has 2 aliphatic rings. The van der Waals surface area contributed by atoms with Crippen LogP contribution in [0.5, 0.6) is 5.75 Å². The topological polar surface area (TPSA) is 71.4 Å². The maximum Gasteiger partial charge on any atom is 0.313 e. The Morgan fingerprint density at radius 3 is 2.20 bits per heavy atom. The lowest BCUT2D eigenvalue weighted by Crippen LogP contribution is -2.44. The molecular formula is C28H27N3O4. The van der Waals surface area contributed by atoms with E-state index >= 15 is 0 Å². The highest BCUT2D eigenvalue weighted by molar-refractivity contribution is 6.02. The molecule has 0 amide bonds. The first-order valence-corrected chi connectivity index (χ1v) is 11.5. The standard InChI is InChI=1S/C28H27N3O4/c1-18-9-13-21(14-10-18)30-17-29-31-25(26(32)20-11-15-22(34-2)16-12-20)23(19-7-5-4-6-8-19)24(27(30)31)28(33)35-3/h4-17,23-25,27H,1-3H3/t23-,24-,25+,27+/m1/s1. The van der Waals surface area contributed by atoms with Crippen LogP contribution in [0.1, 0.15) is 27.4 Å². The fourth-order valence-corrected chi connectivity index (χ4v) is 5.11. The van der Waals surface area contributed by atoms with Crippen LogP contribution in [0, 0.1) is 12.8 Å². The number of rotatable bonds is 6. The van der Waals surface area contributed by atoms with E-state index in [0.717, 1.165) is 16.8 Å². The fourth-order valence-electron chi connectivity index (χ4n) is 5.11. The van der Waals surface area contributed by atoms with Crippen LogP contribution < -0.4 is 9.64 Å². The van der Waals surface area contributed by atoms with E-state index < -0.39 is 24.0 Å². The summed E-state index contributed by atoms with van der Waals surface area (Å²) in [4.78, 5) is 29.2. The van der Waals surface area contributed by atoms with E-state index in [0.29, 0.717) is 11.3 Å². The lowest BCUT2D eigenvalue weighted by atomic mass is 9.80. The van der Waals surface area contributed by atoms with Gasteiger partial charge in [-0.1, -0.05) is 48.0 Å². The van der Waals surface area contributed by atoms with Gasteiger partial charge < -0.3 is 14.4 Å². The molecule has 0 aromatic heterocycles. The highest BCUT2D eigenvalue weighted by Crippen LogP contribution is 2.48. The molecule has 0 unspecified atom stereocenters. The molecular weight excluding hydrogens is 442 g/mol. The van der Waals surface area contributed by atoms with E-state index in [1.54, 1.807) is 42.7 Å². The summed E-state index contributed by atoms with van der Waals surface area (Å²) in [5.74, 6) is -0.906. The largest absolute Gasteiger partial charge is 0.497 e. The second-order valence-corrected chi connectivity index (χ2v) is 8.79. The van der Waals surface area contributed by atoms with Crippen molar-refractivity contribution in [2.45, 2.75) is 25.0 Å². The summed E-state index contributed by atoms with van der Waals surface area (Å²) in [5, 5.41) is 6.43. The number of carbonyl (C=O) groups excluding carboxylic acids is 2. The van der Waals surface area contributed by atoms with Gasteiger partial charge in [-0.25, -0.2) is 0 Å². The summed E-state index contributed by atoms with van der Waals surface area (Å²) >= 11 is 0. The lowest BCUT2D eigenvalue weighted by Gasteiger charge is -2.29. The monoisotopic (exact) mass is 469 g/mol. The normalized spacial score (nSPS) is 22.7. The van der Waals surface area contributed by atoms with Gasteiger partial charge >= 0.3 is 5.97 Å².